The van der Waals surface area contributed by atoms with Crippen LogP contribution in [0.15, 0.2) is 34.8 Å². The lowest BCUT2D eigenvalue weighted by atomic mass is 10.2. The van der Waals surface area contributed by atoms with Gasteiger partial charge in [-0.15, -0.1) is 0 Å². The molecule has 0 heterocycles. The molecule has 2 aromatic carbocycles. The molecule has 2 aromatic rings. The molecule has 0 unspecified atom stereocenters. The molecular formula is C13H11BrCl2N2. The molecule has 2 nitrogen and oxygen atoms in total. The lowest BCUT2D eigenvalue weighted by Gasteiger charge is -2.13. The smallest absolute Gasteiger partial charge is 0.0764 e. The van der Waals surface area contributed by atoms with Gasteiger partial charge < -0.3 is 11.1 Å². The Morgan fingerprint density at radius 2 is 1.78 bits per heavy atom. The van der Waals surface area contributed by atoms with Gasteiger partial charge in [0.2, 0.25) is 0 Å². The Balaban J connectivity index is 2.43. The van der Waals surface area contributed by atoms with E-state index in [9.17, 15) is 0 Å². The Kier molecular flexibility index (Phi) is 4.05. The zero-order chi connectivity index (χ0) is 13.3. The first-order chi connectivity index (χ1) is 8.49. The van der Waals surface area contributed by atoms with Crippen LogP contribution >= 0.6 is 39.1 Å². The van der Waals surface area contributed by atoms with Crippen molar-refractivity contribution in [3.63, 3.8) is 0 Å². The third-order valence-electron chi connectivity index (χ3n) is 2.52. The van der Waals surface area contributed by atoms with E-state index in [4.69, 9.17) is 28.9 Å². The number of hydrogen-bond donors (Lipinski definition) is 2. The van der Waals surface area contributed by atoms with Crippen LogP contribution in [0.4, 0.5) is 17.1 Å². The number of rotatable bonds is 2. The second-order valence-electron chi connectivity index (χ2n) is 3.92. The molecule has 2 rings (SSSR count). The SMILES string of the molecule is Cc1cccc(Nc2c(Cl)cc(N)cc2Cl)c1Br. The van der Waals surface area contributed by atoms with Gasteiger partial charge in [0.15, 0.2) is 0 Å². The Morgan fingerprint density at radius 1 is 1.17 bits per heavy atom. The topological polar surface area (TPSA) is 38.0 Å². The van der Waals surface area contributed by atoms with E-state index >= 15 is 0 Å². The van der Waals surface area contributed by atoms with E-state index in [1.165, 1.54) is 0 Å². The third kappa shape index (κ3) is 2.74. The van der Waals surface area contributed by atoms with Gasteiger partial charge in [0.25, 0.3) is 0 Å². The maximum Gasteiger partial charge on any atom is 0.0764 e. The van der Waals surface area contributed by atoms with Crippen molar-refractivity contribution in [3.8, 4) is 0 Å². The summed E-state index contributed by atoms with van der Waals surface area (Å²) < 4.78 is 0.981. The number of anilines is 3. The van der Waals surface area contributed by atoms with Crippen LogP contribution in [-0.2, 0) is 0 Å². The zero-order valence-corrected chi connectivity index (χ0v) is 12.7. The van der Waals surface area contributed by atoms with E-state index in [0.717, 1.165) is 15.7 Å². The summed E-state index contributed by atoms with van der Waals surface area (Å²) in [6.07, 6.45) is 0. The van der Waals surface area contributed by atoms with E-state index in [-0.39, 0.29) is 0 Å². The third-order valence-corrected chi connectivity index (χ3v) is 4.16. The minimum Gasteiger partial charge on any atom is -0.399 e. The molecule has 0 spiro atoms. The van der Waals surface area contributed by atoms with Crippen LogP contribution in [0.1, 0.15) is 5.56 Å². The number of hydrogen-bond acceptors (Lipinski definition) is 2. The second-order valence-corrected chi connectivity index (χ2v) is 5.53. The highest BCUT2D eigenvalue weighted by molar-refractivity contribution is 9.10. The molecule has 0 amide bonds. The summed E-state index contributed by atoms with van der Waals surface area (Å²) in [5.74, 6) is 0. The van der Waals surface area contributed by atoms with Crippen molar-refractivity contribution in [3.05, 3.63) is 50.4 Å². The van der Waals surface area contributed by atoms with Crippen LogP contribution in [-0.4, -0.2) is 0 Å². The molecule has 18 heavy (non-hydrogen) atoms. The molecule has 0 saturated carbocycles. The lowest BCUT2D eigenvalue weighted by Crippen LogP contribution is -1.96. The van der Waals surface area contributed by atoms with Gasteiger partial charge in [-0.25, -0.2) is 0 Å². The molecule has 94 valence electrons. The van der Waals surface area contributed by atoms with Crippen molar-refractivity contribution < 1.29 is 0 Å². The molecule has 0 aliphatic rings. The molecule has 5 heteroatoms. The summed E-state index contributed by atoms with van der Waals surface area (Å²) in [7, 11) is 0. The molecule has 0 saturated heterocycles. The van der Waals surface area contributed by atoms with E-state index in [1.54, 1.807) is 12.1 Å². The van der Waals surface area contributed by atoms with Crippen LogP contribution in [0, 0.1) is 6.92 Å². The van der Waals surface area contributed by atoms with Crippen molar-refractivity contribution in [2.45, 2.75) is 6.92 Å². The summed E-state index contributed by atoms with van der Waals surface area (Å²) in [5.41, 5.74) is 8.90. The van der Waals surface area contributed by atoms with Gasteiger partial charge in [0.05, 0.1) is 21.4 Å². The summed E-state index contributed by atoms with van der Waals surface area (Å²) >= 11 is 15.8. The van der Waals surface area contributed by atoms with Crippen LogP contribution in [0.25, 0.3) is 0 Å². The van der Waals surface area contributed by atoms with Crippen molar-refractivity contribution in [1.29, 1.82) is 0 Å². The Morgan fingerprint density at radius 3 is 2.39 bits per heavy atom. The van der Waals surface area contributed by atoms with Crippen molar-refractivity contribution in [1.82, 2.24) is 0 Å². The Hall–Kier alpha value is -0.900. The molecule has 0 bridgehead atoms. The highest BCUT2D eigenvalue weighted by Gasteiger charge is 2.10. The maximum atomic E-state index is 6.13. The average Bonchev–Trinajstić information content (AvgIpc) is 2.28. The first kappa shape index (κ1) is 13.5. The monoisotopic (exact) mass is 344 g/mol. The van der Waals surface area contributed by atoms with Crippen LogP contribution in [0.2, 0.25) is 10.0 Å². The van der Waals surface area contributed by atoms with Crippen molar-refractivity contribution >= 4 is 56.2 Å². The average molecular weight is 346 g/mol. The van der Waals surface area contributed by atoms with Gasteiger partial charge >= 0.3 is 0 Å². The number of nitrogens with two attached hydrogens (primary N) is 1. The summed E-state index contributed by atoms with van der Waals surface area (Å²) in [6.45, 7) is 2.02. The van der Waals surface area contributed by atoms with E-state index < -0.39 is 0 Å². The fourth-order valence-corrected chi connectivity index (χ4v) is 2.55. The molecule has 0 aromatic heterocycles. The van der Waals surface area contributed by atoms with Crippen molar-refractivity contribution in [2.24, 2.45) is 0 Å². The van der Waals surface area contributed by atoms with Crippen molar-refractivity contribution in [2.75, 3.05) is 11.1 Å². The molecule has 0 fully saturated rings. The highest BCUT2D eigenvalue weighted by atomic mass is 79.9. The van der Waals surface area contributed by atoms with E-state index in [2.05, 4.69) is 21.2 Å². The predicted molar refractivity (Wildman–Crippen MR) is 83.0 cm³/mol. The number of nitrogen functional groups attached to an aromatic ring is 1. The van der Waals surface area contributed by atoms with Crippen LogP contribution < -0.4 is 11.1 Å². The number of halogens is 3. The lowest BCUT2D eigenvalue weighted by molar-refractivity contribution is 1.41. The maximum absolute atomic E-state index is 6.13. The summed E-state index contributed by atoms with van der Waals surface area (Å²) in [6, 6.07) is 9.25. The van der Waals surface area contributed by atoms with Gasteiger partial charge in [-0.2, -0.15) is 0 Å². The quantitative estimate of drug-likeness (QED) is 0.716. The first-order valence-electron chi connectivity index (χ1n) is 5.25. The number of aryl methyl sites for hydroxylation is 1. The van der Waals surface area contributed by atoms with Gasteiger partial charge in [-0.3, -0.25) is 0 Å². The van der Waals surface area contributed by atoms with E-state index in [0.29, 0.717) is 21.4 Å². The highest BCUT2D eigenvalue weighted by Crippen LogP contribution is 2.37. The van der Waals surface area contributed by atoms with Crippen LogP contribution in [0.3, 0.4) is 0 Å². The largest absolute Gasteiger partial charge is 0.399 e. The normalized spacial score (nSPS) is 10.4. The van der Waals surface area contributed by atoms with Crippen LogP contribution in [0.5, 0.6) is 0 Å². The summed E-state index contributed by atoms with van der Waals surface area (Å²) in [4.78, 5) is 0. The van der Waals surface area contributed by atoms with E-state index in [1.807, 2.05) is 25.1 Å². The Labute approximate surface area is 124 Å². The fourth-order valence-electron chi connectivity index (χ4n) is 1.59. The molecule has 0 aliphatic carbocycles. The minimum absolute atomic E-state index is 0.494. The minimum atomic E-state index is 0.494. The standard InChI is InChI=1S/C13H11BrCl2N2/c1-7-3-2-4-11(12(7)14)18-13-9(15)5-8(17)6-10(13)16/h2-6,18H,17H2,1H3. The second kappa shape index (κ2) is 5.39. The number of benzene rings is 2. The molecule has 3 N–H and O–H groups in total. The molecular weight excluding hydrogens is 335 g/mol. The van der Waals surface area contributed by atoms with Gasteiger partial charge in [0.1, 0.15) is 0 Å². The first-order valence-corrected chi connectivity index (χ1v) is 6.80. The van der Waals surface area contributed by atoms with Gasteiger partial charge in [-0.1, -0.05) is 35.3 Å². The zero-order valence-electron chi connectivity index (χ0n) is 9.60. The van der Waals surface area contributed by atoms with Gasteiger partial charge in [0, 0.05) is 10.2 Å². The summed E-state index contributed by atoms with van der Waals surface area (Å²) in [5, 5.41) is 4.20. The van der Waals surface area contributed by atoms with Gasteiger partial charge in [-0.05, 0) is 46.6 Å². The molecule has 0 atom stereocenters. The number of nitrogens with one attached hydrogen (secondary N) is 1. The fraction of sp³-hybridized carbons (Fsp3) is 0.0769. The molecule has 0 aliphatic heterocycles. The molecule has 0 radical (unpaired) electrons. The predicted octanol–water partition coefficient (Wildman–Crippen LogP) is 5.39. The Bertz CT molecular complexity index is 577.